The maximum absolute atomic E-state index is 12.4. The van der Waals surface area contributed by atoms with E-state index in [1.54, 1.807) is 13.0 Å². The fraction of sp³-hybridized carbons (Fsp3) is 0.615. The van der Waals surface area contributed by atoms with Gasteiger partial charge in [-0.1, -0.05) is 26.0 Å². The smallest absolute Gasteiger partial charge is 0.314 e. The lowest BCUT2D eigenvalue weighted by Gasteiger charge is -2.16. The standard InChI is InChI=1S/C13H21F2NO/c1-5-6-7-12(8-10(2)11(3)17)9-16(4)13(14)15/h6-7,9-10,13H,5,8H2,1-4H3/b7-6+,12-9+. The Morgan fingerprint density at radius 3 is 2.41 bits per heavy atom. The highest BCUT2D eigenvalue weighted by molar-refractivity contribution is 5.78. The summed E-state index contributed by atoms with van der Waals surface area (Å²) < 4.78 is 24.8. The van der Waals surface area contributed by atoms with Gasteiger partial charge in [-0.15, -0.1) is 0 Å². The van der Waals surface area contributed by atoms with Crippen molar-refractivity contribution in [2.45, 2.75) is 40.2 Å². The van der Waals surface area contributed by atoms with E-state index in [4.69, 9.17) is 0 Å². The fourth-order valence-corrected chi connectivity index (χ4v) is 1.25. The summed E-state index contributed by atoms with van der Waals surface area (Å²) in [4.78, 5) is 12.0. The Morgan fingerprint density at radius 2 is 2.00 bits per heavy atom. The molecular formula is C13H21F2NO. The summed E-state index contributed by atoms with van der Waals surface area (Å²) in [6, 6.07) is 0. The summed E-state index contributed by atoms with van der Waals surface area (Å²) in [6.45, 7) is 2.77. The summed E-state index contributed by atoms with van der Waals surface area (Å²) in [7, 11) is 1.32. The van der Waals surface area contributed by atoms with Crippen molar-refractivity contribution in [3.05, 3.63) is 23.9 Å². The van der Waals surface area contributed by atoms with Crippen molar-refractivity contribution in [3.8, 4) is 0 Å². The highest BCUT2D eigenvalue weighted by Crippen LogP contribution is 2.16. The lowest BCUT2D eigenvalue weighted by Crippen LogP contribution is -2.18. The average molecular weight is 245 g/mol. The van der Waals surface area contributed by atoms with Gasteiger partial charge in [0.2, 0.25) is 0 Å². The SMILES string of the molecule is CC/C=C/C(=C\N(C)C(F)F)CC(C)C(C)=O. The first-order valence-electron chi connectivity index (χ1n) is 5.76. The number of Topliss-reactive ketones (excluding diaryl/α,β-unsaturated/α-hetero) is 1. The van der Waals surface area contributed by atoms with Crippen molar-refractivity contribution in [1.29, 1.82) is 0 Å². The molecule has 0 aliphatic carbocycles. The lowest BCUT2D eigenvalue weighted by atomic mass is 9.98. The number of alkyl halides is 2. The summed E-state index contributed by atoms with van der Waals surface area (Å²) >= 11 is 0. The van der Waals surface area contributed by atoms with Gasteiger partial charge in [-0.25, -0.2) is 0 Å². The van der Waals surface area contributed by atoms with E-state index < -0.39 is 6.55 Å². The predicted molar refractivity (Wildman–Crippen MR) is 65.7 cm³/mol. The van der Waals surface area contributed by atoms with E-state index in [-0.39, 0.29) is 11.7 Å². The van der Waals surface area contributed by atoms with Crippen LogP contribution in [0.15, 0.2) is 23.9 Å². The minimum Gasteiger partial charge on any atom is -0.325 e. The number of carbonyl (C=O) groups is 1. The maximum Gasteiger partial charge on any atom is 0.314 e. The monoisotopic (exact) mass is 245 g/mol. The molecule has 0 rings (SSSR count). The molecule has 17 heavy (non-hydrogen) atoms. The molecule has 1 unspecified atom stereocenters. The van der Waals surface area contributed by atoms with Gasteiger partial charge < -0.3 is 4.90 Å². The number of halogens is 2. The minimum absolute atomic E-state index is 0.0699. The zero-order chi connectivity index (χ0) is 13.4. The molecule has 2 nitrogen and oxygen atoms in total. The number of allylic oxidation sites excluding steroid dienone is 3. The molecule has 0 aromatic rings. The molecule has 0 bridgehead atoms. The zero-order valence-corrected chi connectivity index (χ0v) is 10.9. The molecule has 0 aromatic carbocycles. The molecule has 0 N–H and O–H groups in total. The van der Waals surface area contributed by atoms with Gasteiger partial charge in [-0.05, 0) is 25.3 Å². The number of hydrogen-bond acceptors (Lipinski definition) is 2. The van der Waals surface area contributed by atoms with E-state index in [2.05, 4.69) is 0 Å². The predicted octanol–water partition coefficient (Wildman–Crippen LogP) is 3.61. The number of ketones is 1. The first-order chi connectivity index (χ1) is 7.88. The molecule has 0 spiro atoms. The molecular weight excluding hydrogens is 224 g/mol. The van der Waals surface area contributed by atoms with Crippen LogP contribution in [0.3, 0.4) is 0 Å². The summed E-state index contributed by atoms with van der Waals surface area (Å²) in [5, 5.41) is 0. The average Bonchev–Trinajstić information content (AvgIpc) is 2.25. The van der Waals surface area contributed by atoms with Gasteiger partial charge in [0, 0.05) is 19.2 Å². The van der Waals surface area contributed by atoms with Crippen LogP contribution >= 0.6 is 0 Å². The van der Waals surface area contributed by atoms with Crippen molar-refractivity contribution in [2.24, 2.45) is 5.92 Å². The fourth-order valence-electron chi connectivity index (χ4n) is 1.25. The second-order valence-electron chi connectivity index (χ2n) is 4.17. The molecule has 4 heteroatoms. The highest BCUT2D eigenvalue weighted by atomic mass is 19.3. The van der Waals surface area contributed by atoms with Crippen LogP contribution in [0.4, 0.5) is 8.78 Å². The van der Waals surface area contributed by atoms with Gasteiger partial charge in [0.1, 0.15) is 5.78 Å². The molecule has 0 aliphatic heterocycles. The van der Waals surface area contributed by atoms with E-state index in [0.717, 1.165) is 16.9 Å². The molecule has 0 heterocycles. The van der Waals surface area contributed by atoms with Crippen LogP contribution in [0.5, 0.6) is 0 Å². The number of carbonyl (C=O) groups excluding carboxylic acids is 1. The van der Waals surface area contributed by atoms with Crippen molar-refractivity contribution < 1.29 is 13.6 Å². The molecule has 0 aliphatic rings. The summed E-state index contributed by atoms with van der Waals surface area (Å²) in [6.07, 6.45) is 6.43. The minimum atomic E-state index is -2.52. The van der Waals surface area contributed by atoms with Gasteiger partial charge in [-0.2, -0.15) is 8.78 Å². The Balaban J connectivity index is 4.75. The highest BCUT2D eigenvalue weighted by Gasteiger charge is 2.11. The van der Waals surface area contributed by atoms with Crippen LogP contribution in [0.1, 0.15) is 33.6 Å². The Hall–Kier alpha value is -1.19. The van der Waals surface area contributed by atoms with Crippen molar-refractivity contribution in [1.82, 2.24) is 4.90 Å². The molecule has 0 fully saturated rings. The molecule has 0 radical (unpaired) electrons. The Bertz CT molecular complexity index is 298. The topological polar surface area (TPSA) is 20.3 Å². The molecule has 1 atom stereocenters. The maximum atomic E-state index is 12.4. The van der Waals surface area contributed by atoms with E-state index in [1.165, 1.54) is 20.2 Å². The van der Waals surface area contributed by atoms with Gasteiger partial charge in [0.25, 0.3) is 0 Å². The van der Waals surface area contributed by atoms with Crippen molar-refractivity contribution >= 4 is 5.78 Å². The van der Waals surface area contributed by atoms with E-state index >= 15 is 0 Å². The van der Waals surface area contributed by atoms with Crippen LogP contribution in [-0.4, -0.2) is 24.3 Å². The summed E-state index contributed by atoms with van der Waals surface area (Å²) in [5.74, 6) is -0.0747. The molecule has 0 saturated heterocycles. The first kappa shape index (κ1) is 15.8. The van der Waals surface area contributed by atoms with Crippen LogP contribution < -0.4 is 0 Å². The second kappa shape index (κ2) is 7.98. The van der Waals surface area contributed by atoms with E-state index in [1.807, 2.05) is 13.0 Å². The van der Waals surface area contributed by atoms with Crippen molar-refractivity contribution in [3.63, 3.8) is 0 Å². The molecule has 98 valence electrons. The van der Waals surface area contributed by atoms with E-state index in [0.29, 0.717) is 6.42 Å². The third-order valence-corrected chi connectivity index (χ3v) is 2.48. The Morgan fingerprint density at radius 1 is 1.41 bits per heavy atom. The number of rotatable bonds is 7. The van der Waals surface area contributed by atoms with Crippen LogP contribution in [-0.2, 0) is 4.79 Å². The van der Waals surface area contributed by atoms with Crippen LogP contribution in [0.2, 0.25) is 0 Å². The summed E-state index contributed by atoms with van der Waals surface area (Å²) in [5.41, 5.74) is 0.748. The lowest BCUT2D eigenvalue weighted by molar-refractivity contribution is -0.120. The van der Waals surface area contributed by atoms with Crippen molar-refractivity contribution in [2.75, 3.05) is 7.05 Å². The van der Waals surface area contributed by atoms with Gasteiger partial charge in [0.15, 0.2) is 0 Å². The second-order valence-corrected chi connectivity index (χ2v) is 4.17. The first-order valence-corrected chi connectivity index (χ1v) is 5.76. The quantitative estimate of drug-likeness (QED) is 0.504. The van der Waals surface area contributed by atoms with Gasteiger partial charge in [-0.3, -0.25) is 4.79 Å². The van der Waals surface area contributed by atoms with Crippen LogP contribution in [0.25, 0.3) is 0 Å². The Kier molecular flexibility index (Phi) is 7.42. The molecule has 0 aromatic heterocycles. The zero-order valence-electron chi connectivity index (χ0n) is 10.9. The van der Waals surface area contributed by atoms with Crippen LogP contribution in [0, 0.1) is 5.92 Å². The molecule has 0 saturated carbocycles. The Labute approximate surface area is 102 Å². The largest absolute Gasteiger partial charge is 0.325 e. The third kappa shape index (κ3) is 6.87. The normalized spacial score (nSPS) is 14.4. The van der Waals surface area contributed by atoms with Gasteiger partial charge in [0.05, 0.1) is 0 Å². The number of hydrogen-bond donors (Lipinski definition) is 0. The van der Waals surface area contributed by atoms with Gasteiger partial charge >= 0.3 is 6.55 Å². The van der Waals surface area contributed by atoms with E-state index in [9.17, 15) is 13.6 Å². The number of nitrogens with zero attached hydrogens (tertiary/aromatic N) is 1. The molecule has 0 amide bonds. The third-order valence-electron chi connectivity index (χ3n) is 2.48.